The van der Waals surface area contributed by atoms with Crippen LogP contribution < -0.4 is 0 Å². The minimum absolute atomic E-state index is 0.00614. The molecule has 1 saturated heterocycles. The van der Waals surface area contributed by atoms with Crippen LogP contribution in [-0.2, 0) is 34.4 Å². The maximum absolute atomic E-state index is 13.3. The highest BCUT2D eigenvalue weighted by atomic mass is 32.1. The minimum atomic E-state index is -4.44. The molecule has 2 aromatic heterocycles. The summed E-state index contributed by atoms with van der Waals surface area (Å²) in [5, 5.41) is 14.6. The van der Waals surface area contributed by atoms with Crippen LogP contribution in [0, 0.1) is 0 Å². The van der Waals surface area contributed by atoms with Crippen LogP contribution in [0.2, 0.25) is 0 Å². The zero-order chi connectivity index (χ0) is 24.0. The molecule has 1 amide bonds. The first-order valence-electron chi connectivity index (χ1n) is 11.0. The predicted octanol–water partition coefficient (Wildman–Crippen LogP) is 3.39. The van der Waals surface area contributed by atoms with E-state index >= 15 is 0 Å². The quantitative estimate of drug-likeness (QED) is 0.702. The molecule has 0 aliphatic carbocycles. The van der Waals surface area contributed by atoms with E-state index in [1.165, 1.54) is 0 Å². The fraction of sp³-hybridized carbons (Fsp3) is 0.636. The number of alkyl halides is 3. The first-order valence-corrected chi connectivity index (χ1v) is 11.8. The van der Waals surface area contributed by atoms with E-state index in [-0.39, 0.29) is 18.6 Å². The third-order valence-electron chi connectivity index (χ3n) is 6.51. The number of hydrogen-bond acceptors (Lipinski definition) is 6. The Balaban J connectivity index is 1.43. The van der Waals surface area contributed by atoms with Crippen molar-refractivity contribution in [3.63, 3.8) is 0 Å². The molecule has 182 valence electrons. The van der Waals surface area contributed by atoms with Crippen molar-refractivity contribution in [1.82, 2.24) is 19.6 Å². The number of carbonyl (C=O) groups excluding carboxylic acids is 1. The molecule has 2 aliphatic rings. The fourth-order valence-electron chi connectivity index (χ4n) is 4.65. The van der Waals surface area contributed by atoms with Gasteiger partial charge in [0, 0.05) is 68.4 Å². The van der Waals surface area contributed by atoms with Gasteiger partial charge in [-0.1, -0.05) is 0 Å². The van der Waals surface area contributed by atoms with Crippen molar-refractivity contribution in [2.24, 2.45) is 0 Å². The van der Waals surface area contributed by atoms with Gasteiger partial charge in [0.1, 0.15) is 16.6 Å². The molecular formula is C22H29F3N4O3S. The molecule has 0 aromatic carbocycles. The maximum Gasteiger partial charge on any atom is 0.425 e. The number of aliphatic hydroxyl groups is 1. The summed E-state index contributed by atoms with van der Waals surface area (Å²) < 4.78 is 47.8. The van der Waals surface area contributed by atoms with E-state index in [1.54, 1.807) is 29.9 Å². The summed E-state index contributed by atoms with van der Waals surface area (Å²) in [7, 11) is 3.45. The first-order chi connectivity index (χ1) is 15.5. The molecule has 1 spiro atoms. The Labute approximate surface area is 194 Å². The molecular weight excluding hydrogens is 457 g/mol. The lowest BCUT2D eigenvalue weighted by molar-refractivity contribution is -0.139. The number of thiophene rings is 1. The molecule has 0 radical (unpaired) electrons. The zero-order valence-electron chi connectivity index (χ0n) is 18.9. The summed E-state index contributed by atoms with van der Waals surface area (Å²) in [5.41, 5.74) is 0.578. The third kappa shape index (κ3) is 4.96. The summed E-state index contributed by atoms with van der Waals surface area (Å²) in [5.74, 6) is 0.0428. The van der Waals surface area contributed by atoms with Gasteiger partial charge in [0.05, 0.1) is 12.8 Å². The van der Waals surface area contributed by atoms with Gasteiger partial charge in [0.15, 0.2) is 0 Å². The van der Waals surface area contributed by atoms with Crippen LogP contribution >= 0.6 is 11.3 Å². The average Bonchev–Trinajstić information content (AvgIpc) is 3.39. The van der Waals surface area contributed by atoms with Gasteiger partial charge in [-0.2, -0.15) is 18.3 Å². The van der Waals surface area contributed by atoms with Crippen molar-refractivity contribution in [2.45, 2.75) is 63.2 Å². The summed E-state index contributed by atoms with van der Waals surface area (Å²) >= 11 is 0.699. The number of fused-ring (bicyclic) bond motifs is 2. The van der Waals surface area contributed by atoms with Crippen LogP contribution in [0.4, 0.5) is 13.2 Å². The SMILES string of the molecule is C[C@H]1C[C@@]2(CCN1Cc1cnn(CCC(=O)N(C)C)c1)OC[C@@H](O)c1cc(C(F)(F)F)sc12. The van der Waals surface area contributed by atoms with E-state index in [0.717, 1.165) is 11.6 Å². The molecule has 0 bridgehead atoms. The summed E-state index contributed by atoms with van der Waals surface area (Å²) in [6.45, 7) is 3.88. The van der Waals surface area contributed by atoms with Crippen molar-refractivity contribution in [3.8, 4) is 0 Å². The van der Waals surface area contributed by atoms with Crippen LogP contribution in [0.1, 0.15) is 53.2 Å². The summed E-state index contributed by atoms with van der Waals surface area (Å²) in [4.78, 5) is 15.4. The molecule has 0 unspecified atom stereocenters. The van der Waals surface area contributed by atoms with Gasteiger partial charge in [-0.05, 0) is 25.8 Å². The second-order valence-electron chi connectivity index (χ2n) is 9.14. The number of amides is 1. The molecule has 7 nitrogen and oxygen atoms in total. The number of aromatic nitrogens is 2. The van der Waals surface area contributed by atoms with Crippen molar-refractivity contribution in [1.29, 1.82) is 0 Å². The van der Waals surface area contributed by atoms with Gasteiger partial charge in [0.2, 0.25) is 5.91 Å². The van der Waals surface area contributed by atoms with Crippen molar-refractivity contribution in [2.75, 3.05) is 27.2 Å². The first kappa shape index (κ1) is 24.2. The smallest absolute Gasteiger partial charge is 0.386 e. The topological polar surface area (TPSA) is 70.8 Å². The molecule has 2 aliphatic heterocycles. The molecule has 3 atom stereocenters. The van der Waals surface area contributed by atoms with Crippen LogP contribution in [-0.4, -0.2) is 63.9 Å². The molecule has 4 rings (SSSR count). The highest BCUT2D eigenvalue weighted by molar-refractivity contribution is 7.12. The number of ether oxygens (including phenoxy) is 1. The molecule has 0 saturated carbocycles. The summed E-state index contributed by atoms with van der Waals surface area (Å²) in [6.07, 6.45) is -0.263. The molecule has 33 heavy (non-hydrogen) atoms. The van der Waals surface area contributed by atoms with Crippen molar-refractivity contribution >= 4 is 17.2 Å². The minimum Gasteiger partial charge on any atom is -0.386 e. The van der Waals surface area contributed by atoms with Crippen molar-refractivity contribution in [3.05, 3.63) is 39.3 Å². The third-order valence-corrected chi connectivity index (χ3v) is 7.89. The van der Waals surface area contributed by atoms with Crippen LogP contribution in [0.3, 0.4) is 0 Å². The van der Waals surface area contributed by atoms with Gasteiger partial charge in [-0.15, -0.1) is 11.3 Å². The highest BCUT2D eigenvalue weighted by Crippen LogP contribution is 2.51. The Bertz CT molecular complexity index is 1010. The van der Waals surface area contributed by atoms with Crippen LogP contribution in [0.15, 0.2) is 18.5 Å². The maximum atomic E-state index is 13.3. The van der Waals surface area contributed by atoms with E-state index in [2.05, 4.69) is 10.00 Å². The molecule has 1 N–H and O–H groups in total. The number of likely N-dealkylation sites (tertiary alicyclic amines) is 1. The van der Waals surface area contributed by atoms with Gasteiger partial charge < -0.3 is 14.7 Å². The standard InChI is InChI=1S/C22H29F3N4O3S/c1-14-9-21(20-16(17(30)13-32-21)8-18(33-20)22(23,24)25)5-7-28(14)11-15-10-26-29(12-15)6-4-19(31)27(2)3/h8,10,12,14,17,30H,4-7,9,11,13H2,1-3H3/t14-,17+,21+/m0/s1. The number of hydrogen-bond donors (Lipinski definition) is 1. The second kappa shape index (κ2) is 9.01. The normalized spacial score (nSPS) is 25.9. The Morgan fingerprint density at radius 3 is 2.85 bits per heavy atom. The molecule has 1 fully saturated rings. The van der Waals surface area contributed by atoms with E-state index in [1.807, 2.05) is 13.1 Å². The number of aliphatic hydroxyl groups excluding tert-OH is 1. The number of rotatable bonds is 5. The van der Waals surface area contributed by atoms with E-state index < -0.39 is 22.8 Å². The lowest BCUT2D eigenvalue weighted by Gasteiger charge is -2.47. The number of nitrogens with zero attached hydrogens (tertiary/aromatic N) is 4. The molecule has 4 heterocycles. The monoisotopic (exact) mass is 486 g/mol. The Hall–Kier alpha value is -1.95. The lowest BCUT2D eigenvalue weighted by Crippen LogP contribution is -2.50. The largest absolute Gasteiger partial charge is 0.425 e. The Morgan fingerprint density at radius 2 is 2.18 bits per heavy atom. The zero-order valence-corrected chi connectivity index (χ0v) is 19.7. The van der Waals surface area contributed by atoms with Crippen LogP contribution in [0.5, 0.6) is 0 Å². The number of aryl methyl sites for hydroxylation is 1. The second-order valence-corrected chi connectivity index (χ2v) is 10.2. The number of piperidine rings is 1. The van der Waals surface area contributed by atoms with Crippen molar-refractivity contribution < 1.29 is 27.8 Å². The van der Waals surface area contributed by atoms with Gasteiger partial charge >= 0.3 is 6.18 Å². The van der Waals surface area contributed by atoms with Gasteiger partial charge in [-0.3, -0.25) is 14.4 Å². The van der Waals surface area contributed by atoms with Gasteiger partial charge in [0.25, 0.3) is 0 Å². The van der Waals surface area contributed by atoms with E-state index in [0.29, 0.717) is 60.7 Å². The lowest BCUT2D eigenvalue weighted by atomic mass is 9.81. The Kier molecular flexibility index (Phi) is 6.60. The summed E-state index contributed by atoms with van der Waals surface area (Å²) in [6, 6.07) is 1.15. The average molecular weight is 487 g/mol. The van der Waals surface area contributed by atoms with E-state index in [4.69, 9.17) is 4.74 Å². The predicted molar refractivity (Wildman–Crippen MR) is 117 cm³/mol. The highest BCUT2D eigenvalue weighted by Gasteiger charge is 2.48. The van der Waals surface area contributed by atoms with Crippen LogP contribution in [0.25, 0.3) is 0 Å². The van der Waals surface area contributed by atoms with Gasteiger partial charge in [-0.25, -0.2) is 0 Å². The number of halogens is 3. The molecule has 11 heteroatoms. The molecule has 2 aromatic rings. The Morgan fingerprint density at radius 1 is 1.42 bits per heavy atom. The van der Waals surface area contributed by atoms with E-state index in [9.17, 15) is 23.1 Å². The number of carbonyl (C=O) groups is 1. The fourth-order valence-corrected chi connectivity index (χ4v) is 5.91.